The van der Waals surface area contributed by atoms with Crippen molar-refractivity contribution in [3.05, 3.63) is 47.8 Å². The number of benzene rings is 1. The molecular weight excluding hydrogens is 451 g/mol. The number of primary amides is 1. The summed E-state index contributed by atoms with van der Waals surface area (Å²) in [7, 11) is 1.65. The van der Waals surface area contributed by atoms with E-state index < -0.39 is 11.7 Å². The molecule has 1 saturated carbocycles. The second-order valence-corrected chi connectivity index (χ2v) is 8.66. The number of anilines is 3. The maximum Gasteiger partial charge on any atom is 0.252 e. The Balaban J connectivity index is 1.55. The van der Waals surface area contributed by atoms with Crippen molar-refractivity contribution in [1.29, 1.82) is 0 Å². The highest BCUT2D eigenvalue weighted by molar-refractivity contribution is 5.99. The number of nitrogens with zero attached hydrogens (tertiary/aromatic N) is 2. The second-order valence-electron chi connectivity index (χ2n) is 8.66. The number of amides is 1. The maximum atomic E-state index is 14.8. The lowest BCUT2D eigenvalue weighted by atomic mass is 9.91. The van der Waals surface area contributed by atoms with Crippen LogP contribution in [0.5, 0.6) is 5.88 Å². The lowest BCUT2D eigenvalue weighted by Gasteiger charge is -2.30. The van der Waals surface area contributed by atoms with Gasteiger partial charge in [0.2, 0.25) is 5.88 Å². The van der Waals surface area contributed by atoms with Gasteiger partial charge in [-0.2, -0.15) is 0 Å². The molecule has 0 radical (unpaired) electrons. The zero-order valence-electron chi connectivity index (χ0n) is 19.7. The monoisotopic (exact) mass is 482 g/mol. The molecule has 3 aromatic rings. The molecule has 0 spiro atoms. The van der Waals surface area contributed by atoms with Gasteiger partial charge in [-0.1, -0.05) is 12.8 Å². The molecule has 186 valence electrons. The van der Waals surface area contributed by atoms with E-state index in [1.807, 2.05) is 18.2 Å². The molecule has 1 fully saturated rings. The summed E-state index contributed by atoms with van der Waals surface area (Å²) in [4.78, 5) is 20.9. The first-order valence-electron chi connectivity index (χ1n) is 11.8. The summed E-state index contributed by atoms with van der Waals surface area (Å²) in [6, 6.07) is 10.1. The van der Waals surface area contributed by atoms with Crippen LogP contribution in [0.25, 0.3) is 10.9 Å². The van der Waals surface area contributed by atoms with Crippen LogP contribution in [0.3, 0.4) is 0 Å². The molecule has 9 nitrogen and oxygen atoms in total. The molecule has 2 heterocycles. The summed E-state index contributed by atoms with van der Waals surface area (Å²) < 4.78 is 25.4. The first-order chi connectivity index (χ1) is 16.9. The molecule has 1 amide bonds. The zero-order chi connectivity index (χ0) is 24.8. The number of nitrogens with one attached hydrogen (secondary N) is 2. The number of hydrogen-bond donors (Lipinski definition) is 4. The quantitative estimate of drug-likeness (QED) is 0.321. The van der Waals surface area contributed by atoms with E-state index in [4.69, 9.17) is 20.9 Å². The van der Waals surface area contributed by atoms with Gasteiger partial charge in [-0.15, -0.1) is 0 Å². The molecule has 2 aromatic heterocycles. The van der Waals surface area contributed by atoms with Crippen molar-refractivity contribution in [2.75, 3.05) is 31.0 Å². The summed E-state index contributed by atoms with van der Waals surface area (Å²) in [5, 5.41) is 7.07. The first-order valence-corrected chi connectivity index (χ1v) is 11.8. The molecule has 10 heteroatoms. The molecule has 2 atom stereocenters. The smallest absolute Gasteiger partial charge is 0.252 e. The number of halogens is 1. The number of carbonyl (C=O) groups is 1. The van der Waals surface area contributed by atoms with Gasteiger partial charge in [0.05, 0.1) is 17.7 Å². The van der Waals surface area contributed by atoms with Crippen molar-refractivity contribution in [2.45, 2.75) is 44.2 Å². The van der Waals surface area contributed by atoms with Gasteiger partial charge in [0.25, 0.3) is 5.91 Å². The SMILES string of the molecule is COCCCOc1ccc2cc(Nc3nc(N[C@@H]4CCCC[C@@H]4N)c(F)cc3C(N)=O)ccc2n1. The minimum atomic E-state index is -0.780. The van der Waals surface area contributed by atoms with Gasteiger partial charge in [-0.25, -0.2) is 14.4 Å². The third kappa shape index (κ3) is 6.14. The van der Waals surface area contributed by atoms with E-state index in [9.17, 15) is 9.18 Å². The minimum absolute atomic E-state index is 0.0394. The van der Waals surface area contributed by atoms with Gasteiger partial charge < -0.3 is 31.6 Å². The molecule has 1 aliphatic carbocycles. The summed E-state index contributed by atoms with van der Waals surface area (Å²) >= 11 is 0. The molecule has 0 aliphatic heterocycles. The Morgan fingerprint density at radius 3 is 2.71 bits per heavy atom. The number of ether oxygens (including phenoxy) is 2. The Kier molecular flexibility index (Phi) is 7.94. The number of aromatic nitrogens is 2. The van der Waals surface area contributed by atoms with E-state index in [0.717, 1.165) is 49.1 Å². The Hall–Kier alpha value is -3.50. The molecule has 4 rings (SSSR count). The van der Waals surface area contributed by atoms with Crippen LogP contribution in [-0.4, -0.2) is 48.3 Å². The van der Waals surface area contributed by atoms with E-state index in [1.54, 1.807) is 19.2 Å². The molecule has 0 saturated heterocycles. The Morgan fingerprint density at radius 2 is 1.94 bits per heavy atom. The number of nitrogens with two attached hydrogens (primary N) is 2. The predicted octanol–water partition coefficient (Wildman–Crippen LogP) is 3.71. The largest absolute Gasteiger partial charge is 0.478 e. The van der Waals surface area contributed by atoms with Crippen LogP contribution in [0.1, 0.15) is 42.5 Å². The number of hydrogen-bond acceptors (Lipinski definition) is 8. The van der Waals surface area contributed by atoms with Crippen molar-refractivity contribution >= 4 is 34.1 Å². The van der Waals surface area contributed by atoms with Gasteiger partial charge >= 0.3 is 0 Å². The van der Waals surface area contributed by atoms with Gasteiger partial charge in [0, 0.05) is 49.4 Å². The number of fused-ring (bicyclic) bond motifs is 1. The van der Waals surface area contributed by atoms with Crippen LogP contribution in [0.4, 0.5) is 21.7 Å². The van der Waals surface area contributed by atoms with E-state index in [1.165, 1.54) is 0 Å². The van der Waals surface area contributed by atoms with Crippen molar-refractivity contribution < 1.29 is 18.7 Å². The number of methoxy groups -OCH3 is 1. The van der Waals surface area contributed by atoms with Crippen LogP contribution in [0, 0.1) is 5.82 Å². The lowest BCUT2D eigenvalue weighted by molar-refractivity contribution is 0.100. The topological polar surface area (TPSA) is 137 Å². The van der Waals surface area contributed by atoms with E-state index >= 15 is 0 Å². The van der Waals surface area contributed by atoms with Crippen LogP contribution < -0.4 is 26.8 Å². The fourth-order valence-corrected chi connectivity index (χ4v) is 4.17. The summed E-state index contributed by atoms with van der Waals surface area (Å²) in [5.74, 6) is -0.698. The molecular formula is C25H31FN6O3. The summed E-state index contributed by atoms with van der Waals surface area (Å²) in [6.45, 7) is 1.14. The third-order valence-corrected chi connectivity index (χ3v) is 6.05. The van der Waals surface area contributed by atoms with Crippen molar-refractivity contribution in [3.8, 4) is 5.88 Å². The average Bonchev–Trinajstić information content (AvgIpc) is 2.85. The zero-order valence-corrected chi connectivity index (χ0v) is 19.7. The number of pyridine rings is 2. The third-order valence-electron chi connectivity index (χ3n) is 6.05. The van der Waals surface area contributed by atoms with Gasteiger partial charge in [0.1, 0.15) is 5.82 Å². The minimum Gasteiger partial charge on any atom is -0.478 e. The van der Waals surface area contributed by atoms with Crippen LogP contribution in [0.2, 0.25) is 0 Å². The average molecular weight is 483 g/mol. The molecule has 0 unspecified atom stereocenters. The normalized spacial score (nSPS) is 17.8. The standard InChI is InChI=1S/C25H31FN6O3/c1-34-11-4-12-35-22-10-7-15-13-16(8-9-20(15)30-22)29-24-17(23(28)33)14-18(26)25(32-24)31-21-6-3-2-5-19(21)27/h7-10,13-14,19,21H,2-6,11-12,27H2,1H3,(H2,28,33)(H2,29,31,32)/t19-,21+/m0/s1. The van der Waals surface area contributed by atoms with E-state index in [2.05, 4.69) is 20.6 Å². The lowest BCUT2D eigenvalue weighted by Crippen LogP contribution is -2.43. The van der Waals surface area contributed by atoms with Crippen LogP contribution in [0.15, 0.2) is 36.4 Å². The highest BCUT2D eigenvalue weighted by Crippen LogP contribution is 2.28. The predicted molar refractivity (Wildman–Crippen MR) is 134 cm³/mol. The molecule has 0 bridgehead atoms. The second kappa shape index (κ2) is 11.3. The van der Waals surface area contributed by atoms with Crippen molar-refractivity contribution in [2.24, 2.45) is 11.5 Å². The molecule has 1 aliphatic rings. The highest BCUT2D eigenvalue weighted by Gasteiger charge is 2.24. The first kappa shape index (κ1) is 24.6. The van der Waals surface area contributed by atoms with E-state index in [-0.39, 0.29) is 29.3 Å². The Bertz CT molecular complexity index is 1190. The summed E-state index contributed by atoms with van der Waals surface area (Å²) in [6.07, 6.45) is 4.55. The fraction of sp³-hybridized carbons (Fsp3) is 0.400. The Labute approximate surface area is 203 Å². The number of rotatable bonds is 10. The van der Waals surface area contributed by atoms with E-state index in [0.29, 0.717) is 24.8 Å². The van der Waals surface area contributed by atoms with Crippen LogP contribution >= 0.6 is 0 Å². The highest BCUT2D eigenvalue weighted by atomic mass is 19.1. The molecule has 35 heavy (non-hydrogen) atoms. The molecule has 6 N–H and O–H groups in total. The van der Waals surface area contributed by atoms with Crippen LogP contribution in [-0.2, 0) is 4.74 Å². The number of carbonyl (C=O) groups excluding carboxylic acids is 1. The van der Waals surface area contributed by atoms with Gasteiger partial charge in [0.15, 0.2) is 11.6 Å². The van der Waals surface area contributed by atoms with Crippen molar-refractivity contribution in [3.63, 3.8) is 0 Å². The fourth-order valence-electron chi connectivity index (χ4n) is 4.17. The van der Waals surface area contributed by atoms with Crippen molar-refractivity contribution in [1.82, 2.24) is 9.97 Å². The van der Waals surface area contributed by atoms with Gasteiger partial charge in [-0.3, -0.25) is 4.79 Å². The maximum absolute atomic E-state index is 14.8. The summed E-state index contributed by atoms with van der Waals surface area (Å²) in [5.41, 5.74) is 13.1. The Morgan fingerprint density at radius 1 is 1.11 bits per heavy atom. The van der Waals surface area contributed by atoms with Gasteiger partial charge in [-0.05, 0) is 43.2 Å². The molecule has 1 aromatic carbocycles.